The van der Waals surface area contributed by atoms with E-state index in [9.17, 15) is 19.8 Å². The third kappa shape index (κ3) is 4.89. The zero-order valence-corrected chi connectivity index (χ0v) is 26.9. The number of nitrogens with one attached hydrogen (secondary N) is 3. The average Bonchev–Trinajstić information content (AvgIpc) is 3.83. The van der Waals surface area contributed by atoms with Crippen molar-refractivity contribution in [3.8, 4) is 17.3 Å². The number of anilines is 1. The van der Waals surface area contributed by atoms with Crippen molar-refractivity contribution < 1.29 is 33.4 Å². The van der Waals surface area contributed by atoms with E-state index in [4.69, 9.17) is 18.6 Å². The van der Waals surface area contributed by atoms with Crippen molar-refractivity contribution in [2.24, 2.45) is 11.8 Å². The fraction of sp³-hybridized carbons (Fsp3) is 0.429. The van der Waals surface area contributed by atoms with Crippen LogP contribution in [0.4, 0.5) is 5.69 Å². The number of aliphatic hydroxyl groups excluding tert-OH is 2. The van der Waals surface area contributed by atoms with Crippen LogP contribution in [0.25, 0.3) is 11.6 Å². The summed E-state index contributed by atoms with van der Waals surface area (Å²) in [5.41, 5.74) is 2.97. The van der Waals surface area contributed by atoms with Crippen LogP contribution >= 0.6 is 0 Å². The lowest BCUT2D eigenvalue weighted by Crippen LogP contribution is -2.52. The quantitative estimate of drug-likeness (QED) is 0.198. The summed E-state index contributed by atoms with van der Waals surface area (Å²) in [5, 5.41) is 30.4. The van der Waals surface area contributed by atoms with Gasteiger partial charge < -0.3 is 39.7 Å². The first-order valence-electron chi connectivity index (χ1n) is 16.1. The number of carbonyl (C=O) groups excluding carboxylic acids is 2. The molecule has 12 nitrogen and oxygen atoms in total. The molecule has 1 spiro atoms. The van der Waals surface area contributed by atoms with Crippen molar-refractivity contribution >= 4 is 17.5 Å². The number of ether oxygens (including phenoxy) is 1. The summed E-state index contributed by atoms with van der Waals surface area (Å²) in [5.74, 6) is -0.159. The van der Waals surface area contributed by atoms with E-state index in [1.807, 2.05) is 63.2 Å². The number of hydrogen-bond donors (Lipinski definition) is 5. The van der Waals surface area contributed by atoms with Crippen LogP contribution in [0, 0.1) is 11.8 Å². The lowest BCUT2D eigenvalue weighted by molar-refractivity contribution is -0.135. The van der Waals surface area contributed by atoms with Gasteiger partial charge >= 0.3 is 0 Å². The Kier molecular flexibility index (Phi) is 7.59. The Morgan fingerprint density at radius 3 is 2.62 bits per heavy atom. The number of carbonyl (C=O) groups is 2. The highest BCUT2D eigenvalue weighted by Gasteiger charge is 2.61. The first-order chi connectivity index (χ1) is 22.5. The number of fused-ring (bicyclic) bond motifs is 4. The minimum atomic E-state index is -1.28. The van der Waals surface area contributed by atoms with E-state index in [1.54, 1.807) is 13.8 Å². The fourth-order valence-electron chi connectivity index (χ4n) is 6.76. The summed E-state index contributed by atoms with van der Waals surface area (Å²) in [6, 6.07) is 11.9. The normalized spacial score (nSPS) is 23.9. The maximum atomic E-state index is 14.0. The van der Waals surface area contributed by atoms with Crippen molar-refractivity contribution in [2.75, 3.05) is 5.32 Å². The second kappa shape index (κ2) is 11.5. The summed E-state index contributed by atoms with van der Waals surface area (Å²) in [6.45, 7) is 9.20. The number of nitrogens with zero attached hydrogens (tertiary/aromatic N) is 2. The van der Waals surface area contributed by atoms with Crippen LogP contribution in [0.5, 0.6) is 5.75 Å². The van der Waals surface area contributed by atoms with Gasteiger partial charge in [-0.3, -0.25) is 9.59 Å². The highest BCUT2D eigenvalue weighted by atomic mass is 16.5. The van der Waals surface area contributed by atoms with Gasteiger partial charge in [0.05, 0.1) is 6.10 Å². The van der Waals surface area contributed by atoms with E-state index in [1.165, 1.54) is 6.26 Å². The predicted molar refractivity (Wildman–Crippen MR) is 170 cm³/mol. The van der Waals surface area contributed by atoms with Crippen molar-refractivity contribution in [3.63, 3.8) is 0 Å². The standard InChI is InChI=1S/C35H39N5O7/c1-6-24(41)23-15-45-32(37-23)27-29-35-19-9-7-8-10-21(19)38-34(35)46-25-12-11-18(13-20(25)35)14-22(36-31(44)28(42)17(4)5)30(43)39-26(16(2)3)33(40-27)47-29/h7-13,15-17,22,24,26,28,34,38,41-42H,6,14H2,1-5H3,(H,36,44)(H,39,43)/t22-,24?,26-,28-,34-,35?/m0/s1. The molecule has 0 radical (unpaired) electrons. The molecule has 4 bridgehead atoms. The lowest BCUT2D eigenvalue weighted by atomic mass is 9.72. The molecule has 47 heavy (non-hydrogen) atoms. The number of rotatable bonds is 7. The zero-order chi connectivity index (χ0) is 33.2. The molecule has 2 aromatic heterocycles. The molecule has 0 aliphatic carbocycles. The summed E-state index contributed by atoms with van der Waals surface area (Å²) in [7, 11) is 0. The van der Waals surface area contributed by atoms with Crippen molar-refractivity contribution in [3.05, 3.63) is 82.8 Å². The Labute approximate surface area is 271 Å². The third-order valence-electron chi connectivity index (χ3n) is 9.40. The SMILES string of the molecule is CCC(O)c1coc(-c2nc3oc2C24c5ccccc5N[C@H]2Oc2ccc(cc24)C[C@H](NC(=O)[C@@H](O)C(C)C)C(=O)N[C@H]3C(C)C)n1. The van der Waals surface area contributed by atoms with Gasteiger partial charge in [0, 0.05) is 17.7 Å². The maximum absolute atomic E-state index is 14.0. The largest absolute Gasteiger partial charge is 0.469 e. The van der Waals surface area contributed by atoms with Gasteiger partial charge in [-0.05, 0) is 41.5 Å². The summed E-state index contributed by atoms with van der Waals surface area (Å²) >= 11 is 0. The number of aromatic nitrogens is 2. The van der Waals surface area contributed by atoms with Gasteiger partial charge in [0.1, 0.15) is 41.3 Å². The predicted octanol–water partition coefficient (Wildman–Crippen LogP) is 4.12. The van der Waals surface area contributed by atoms with E-state index >= 15 is 0 Å². The van der Waals surface area contributed by atoms with Crippen molar-refractivity contribution in [1.82, 2.24) is 20.6 Å². The molecule has 6 atom stereocenters. The highest BCUT2D eigenvalue weighted by molar-refractivity contribution is 5.90. The first kappa shape index (κ1) is 30.9. The van der Waals surface area contributed by atoms with Gasteiger partial charge in [0.2, 0.25) is 23.6 Å². The summed E-state index contributed by atoms with van der Waals surface area (Å²) < 4.78 is 19.3. The molecule has 2 unspecified atom stereocenters. The molecular weight excluding hydrogens is 602 g/mol. The van der Waals surface area contributed by atoms with Gasteiger partial charge in [-0.2, -0.15) is 0 Å². The monoisotopic (exact) mass is 641 g/mol. The Morgan fingerprint density at radius 2 is 1.87 bits per heavy atom. The van der Waals surface area contributed by atoms with Gasteiger partial charge in [-0.25, -0.2) is 9.97 Å². The smallest absolute Gasteiger partial charge is 0.249 e. The number of amides is 2. The van der Waals surface area contributed by atoms with Crippen LogP contribution in [-0.2, 0) is 21.4 Å². The molecule has 5 N–H and O–H groups in total. The molecule has 0 saturated carbocycles. The Hall–Kier alpha value is -4.68. The lowest BCUT2D eigenvalue weighted by Gasteiger charge is -2.29. The van der Waals surface area contributed by atoms with Crippen LogP contribution in [-0.4, -0.2) is 50.4 Å². The van der Waals surface area contributed by atoms with Crippen molar-refractivity contribution in [2.45, 2.75) is 83.4 Å². The van der Waals surface area contributed by atoms with Crippen molar-refractivity contribution in [1.29, 1.82) is 0 Å². The van der Waals surface area contributed by atoms with Crippen LogP contribution in [0.1, 0.15) is 87.2 Å². The topological polar surface area (TPSA) is 172 Å². The van der Waals surface area contributed by atoms with Gasteiger partial charge in [0.25, 0.3) is 0 Å². The Bertz CT molecular complexity index is 1850. The van der Waals surface area contributed by atoms with Gasteiger partial charge in [-0.15, -0.1) is 0 Å². The molecule has 12 heteroatoms. The van der Waals surface area contributed by atoms with Crippen LogP contribution in [0.3, 0.4) is 0 Å². The maximum Gasteiger partial charge on any atom is 0.249 e. The van der Waals surface area contributed by atoms with Crippen LogP contribution < -0.4 is 20.7 Å². The molecule has 246 valence electrons. The van der Waals surface area contributed by atoms with Crippen LogP contribution in [0.15, 0.2) is 57.6 Å². The molecule has 3 aliphatic rings. The van der Waals surface area contributed by atoms with E-state index in [0.717, 1.165) is 22.4 Å². The minimum absolute atomic E-state index is 0.160. The number of oxazole rings is 2. The second-order valence-electron chi connectivity index (χ2n) is 13.2. The molecule has 5 heterocycles. The van der Waals surface area contributed by atoms with E-state index < -0.39 is 47.7 Å². The first-order valence-corrected chi connectivity index (χ1v) is 16.1. The van der Waals surface area contributed by atoms with Gasteiger partial charge in [-0.1, -0.05) is 65.0 Å². The van der Waals surface area contributed by atoms with Crippen LogP contribution in [0.2, 0.25) is 0 Å². The summed E-state index contributed by atoms with van der Waals surface area (Å²) in [4.78, 5) is 36.6. The third-order valence-corrected chi connectivity index (χ3v) is 9.40. The highest BCUT2D eigenvalue weighted by Crippen LogP contribution is 2.59. The number of hydrogen-bond acceptors (Lipinski definition) is 10. The molecule has 0 saturated heterocycles. The van der Waals surface area contributed by atoms with Gasteiger partial charge in [0.15, 0.2) is 17.7 Å². The second-order valence-corrected chi connectivity index (χ2v) is 13.2. The molecule has 2 amide bonds. The average molecular weight is 642 g/mol. The number of para-hydroxylation sites is 1. The minimum Gasteiger partial charge on any atom is -0.469 e. The molecule has 4 aromatic rings. The summed E-state index contributed by atoms with van der Waals surface area (Å²) in [6.07, 6.45) is -0.691. The zero-order valence-electron chi connectivity index (χ0n) is 26.9. The molecular formula is C35H39N5O7. The number of benzene rings is 2. The number of aliphatic hydroxyl groups is 2. The molecule has 3 aliphatic heterocycles. The Balaban J connectivity index is 1.47. The van der Waals surface area contributed by atoms with E-state index in [0.29, 0.717) is 29.3 Å². The fourth-order valence-corrected chi connectivity index (χ4v) is 6.76. The molecule has 2 aromatic carbocycles. The van der Waals surface area contributed by atoms with E-state index in [2.05, 4.69) is 20.9 Å². The molecule has 7 rings (SSSR count). The Morgan fingerprint density at radius 1 is 1.09 bits per heavy atom. The van der Waals surface area contributed by atoms with E-state index in [-0.39, 0.29) is 30.0 Å². The molecule has 0 fully saturated rings.